The Labute approximate surface area is 103 Å². The van der Waals surface area contributed by atoms with Crippen molar-refractivity contribution in [3.63, 3.8) is 0 Å². The molecule has 94 valence electrons. The van der Waals surface area contributed by atoms with Crippen LogP contribution in [0.3, 0.4) is 0 Å². The zero-order chi connectivity index (χ0) is 12.6. The molecule has 0 atom stereocenters. The van der Waals surface area contributed by atoms with E-state index in [1.807, 2.05) is 19.2 Å². The third-order valence-corrected chi connectivity index (χ3v) is 3.80. The summed E-state index contributed by atoms with van der Waals surface area (Å²) in [5, 5.41) is 0. The van der Waals surface area contributed by atoms with Crippen molar-refractivity contribution in [2.75, 3.05) is 37.3 Å². The molecule has 0 aliphatic carbocycles. The molecule has 2 rings (SSSR count). The minimum atomic E-state index is 0.163. The van der Waals surface area contributed by atoms with Crippen LogP contribution in [0.25, 0.3) is 0 Å². The number of anilines is 2. The number of nitrogen functional groups attached to an aromatic ring is 1. The molecule has 2 heterocycles. The molecule has 1 aliphatic heterocycles. The lowest BCUT2D eigenvalue weighted by molar-refractivity contribution is 0.138. The Morgan fingerprint density at radius 2 is 2.06 bits per heavy atom. The van der Waals surface area contributed by atoms with E-state index < -0.39 is 0 Å². The van der Waals surface area contributed by atoms with Gasteiger partial charge in [0.05, 0.1) is 5.69 Å². The van der Waals surface area contributed by atoms with Crippen LogP contribution >= 0.6 is 0 Å². The van der Waals surface area contributed by atoms with Gasteiger partial charge in [-0.3, -0.25) is 4.90 Å². The first-order chi connectivity index (χ1) is 7.92. The number of aryl methyl sites for hydroxylation is 1. The SMILES string of the molecule is Cc1ccnc(N2CCN(C)C(C)(C)C2)c1N. The molecule has 4 nitrogen and oxygen atoms in total. The number of hydrogen-bond acceptors (Lipinski definition) is 4. The fourth-order valence-electron chi connectivity index (χ4n) is 2.23. The summed E-state index contributed by atoms with van der Waals surface area (Å²) in [7, 11) is 2.17. The van der Waals surface area contributed by atoms with E-state index in [1.165, 1.54) is 0 Å². The van der Waals surface area contributed by atoms with Crippen LogP contribution in [0, 0.1) is 6.92 Å². The maximum atomic E-state index is 6.12. The molecular formula is C13H22N4. The highest BCUT2D eigenvalue weighted by Gasteiger charge is 2.32. The van der Waals surface area contributed by atoms with E-state index in [2.05, 4.69) is 35.7 Å². The third kappa shape index (κ3) is 2.22. The molecule has 1 saturated heterocycles. The second-order valence-corrected chi connectivity index (χ2v) is 5.52. The van der Waals surface area contributed by atoms with Crippen LogP contribution in [-0.4, -0.2) is 42.1 Å². The van der Waals surface area contributed by atoms with Crippen LogP contribution in [0.5, 0.6) is 0 Å². The molecule has 0 amide bonds. The van der Waals surface area contributed by atoms with E-state index in [0.717, 1.165) is 36.7 Å². The zero-order valence-corrected chi connectivity index (χ0v) is 11.2. The van der Waals surface area contributed by atoms with Gasteiger partial charge in [-0.1, -0.05) is 0 Å². The smallest absolute Gasteiger partial charge is 0.152 e. The highest BCUT2D eigenvalue weighted by molar-refractivity contribution is 5.66. The Hall–Kier alpha value is -1.29. The number of hydrogen-bond donors (Lipinski definition) is 1. The van der Waals surface area contributed by atoms with Crippen LogP contribution in [0.1, 0.15) is 19.4 Å². The summed E-state index contributed by atoms with van der Waals surface area (Å²) in [5.74, 6) is 0.936. The Bertz CT molecular complexity index is 414. The summed E-state index contributed by atoms with van der Waals surface area (Å²) >= 11 is 0. The second-order valence-electron chi connectivity index (χ2n) is 5.52. The van der Waals surface area contributed by atoms with Gasteiger partial charge in [0.15, 0.2) is 5.82 Å². The first-order valence-corrected chi connectivity index (χ1v) is 6.09. The minimum absolute atomic E-state index is 0.163. The lowest BCUT2D eigenvalue weighted by atomic mass is 9.99. The summed E-state index contributed by atoms with van der Waals surface area (Å²) < 4.78 is 0. The van der Waals surface area contributed by atoms with E-state index >= 15 is 0 Å². The number of pyridine rings is 1. The number of nitrogens with two attached hydrogens (primary N) is 1. The minimum Gasteiger partial charge on any atom is -0.396 e. The van der Waals surface area contributed by atoms with Crippen molar-refractivity contribution in [3.8, 4) is 0 Å². The lowest BCUT2D eigenvalue weighted by Gasteiger charge is -2.46. The van der Waals surface area contributed by atoms with Crippen LogP contribution in [-0.2, 0) is 0 Å². The van der Waals surface area contributed by atoms with Gasteiger partial charge in [0.2, 0.25) is 0 Å². The molecule has 1 aliphatic rings. The lowest BCUT2D eigenvalue weighted by Crippen LogP contribution is -2.58. The van der Waals surface area contributed by atoms with Gasteiger partial charge in [0.1, 0.15) is 0 Å². The van der Waals surface area contributed by atoms with E-state index in [0.29, 0.717) is 0 Å². The summed E-state index contributed by atoms with van der Waals surface area (Å²) in [4.78, 5) is 9.11. The molecule has 0 radical (unpaired) electrons. The van der Waals surface area contributed by atoms with E-state index in [1.54, 1.807) is 0 Å². The first-order valence-electron chi connectivity index (χ1n) is 6.09. The molecule has 0 aromatic carbocycles. The highest BCUT2D eigenvalue weighted by Crippen LogP contribution is 2.28. The number of piperazine rings is 1. The van der Waals surface area contributed by atoms with Crippen LogP contribution in [0.2, 0.25) is 0 Å². The van der Waals surface area contributed by atoms with Crippen molar-refractivity contribution in [2.45, 2.75) is 26.3 Å². The predicted molar refractivity (Wildman–Crippen MR) is 72.3 cm³/mol. The molecule has 1 fully saturated rings. The summed E-state index contributed by atoms with van der Waals surface area (Å²) in [5.41, 5.74) is 8.20. The first kappa shape index (κ1) is 12.2. The normalized spacial score (nSPS) is 20.6. The summed E-state index contributed by atoms with van der Waals surface area (Å²) in [6.07, 6.45) is 1.84. The number of rotatable bonds is 1. The quantitative estimate of drug-likeness (QED) is 0.800. The number of likely N-dealkylation sites (N-methyl/N-ethyl adjacent to an activating group) is 1. The molecule has 0 spiro atoms. The molecule has 1 aromatic rings. The average molecular weight is 234 g/mol. The zero-order valence-electron chi connectivity index (χ0n) is 11.2. The predicted octanol–water partition coefficient (Wildman–Crippen LogP) is 1.50. The fraction of sp³-hybridized carbons (Fsp3) is 0.615. The van der Waals surface area contributed by atoms with Gasteiger partial charge >= 0.3 is 0 Å². The summed E-state index contributed by atoms with van der Waals surface area (Å²) in [6, 6.07) is 1.96. The van der Waals surface area contributed by atoms with Gasteiger partial charge in [-0.15, -0.1) is 0 Å². The van der Waals surface area contributed by atoms with Gasteiger partial charge in [-0.25, -0.2) is 4.98 Å². The van der Waals surface area contributed by atoms with Gasteiger partial charge < -0.3 is 10.6 Å². The molecule has 0 saturated carbocycles. The maximum absolute atomic E-state index is 6.12. The fourth-order valence-corrected chi connectivity index (χ4v) is 2.23. The summed E-state index contributed by atoms with van der Waals surface area (Å²) in [6.45, 7) is 9.53. The third-order valence-electron chi connectivity index (χ3n) is 3.80. The monoisotopic (exact) mass is 234 g/mol. The number of nitrogens with zero attached hydrogens (tertiary/aromatic N) is 3. The molecule has 17 heavy (non-hydrogen) atoms. The maximum Gasteiger partial charge on any atom is 0.152 e. The van der Waals surface area contributed by atoms with Crippen molar-refractivity contribution in [2.24, 2.45) is 0 Å². The van der Waals surface area contributed by atoms with E-state index in [9.17, 15) is 0 Å². The molecule has 2 N–H and O–H groups in total. The topological polar surface area (TPSA) is 45.4 Å². The Morgan fingerprint density at radius 1 is 1.35 bits per heavy atom. The van der Waals surface area contributed by atoms with Crippen molar-refractivity contribution >= 4 is 11.5 Å². The average Bonchev–Trinajstić information content (AvgIpc) is 2.26. The van der Waals surface area contributed by atoms with Crippen molar-refractivity contribution in [1.82, 2.24) is 9.88 Å². The second kappa shape index (κ2) is 4.18. The Kier molecular flexibility index (Phi) is 3.00. The number of aromatic nitrogens is 1. The largest absolute Gasteiger partial charge is 0.396 e. The molecule has 0 bridgehead atoms. The molecule has 1 aromatic heterocycles. The molecule has 0 unspecified atom stereocenters. The van der Waals surface area contributed by atoms with Crippen molar-refractivity contribution in [1.29, 1.82) is 0 Å². The molecular weight excluding hydrogens is 212 g/mol. The van der Waals surface area contributed by atoms with Crippen molar-refractivity contribution in [3.05, 3.63) is 17.8 Å². The van der Waals surface area contributed by atoms with E-state index in [-0.39, 0.29) is 5.54 Å². The van der Waals surface area contributed by atoms with Crippen LogP contribution < -0.4 is 10.6 Å². The standard InChI is InChI=1S/C13H22N4/c1-10-5-6-15-12(11(10)14)17-8-7-16(4)13(2,3)9-17/h5-6H,7-9,14H2,1-4H3. The Balaban J connectivity index is 2.27. The van der Waals surface area contributed by atoms with Gasteiger partial charge in [-0.2, -0.15) is 0 Å². The van der Waals surface area contributed by atoms with Gasteiger partial charge in [0.25, 0.3) is 0 Å². The van der Waals surface area contributed by atoms with Crippen LogP contribution in [0.15, 0.2) is 12.3 Å². The Morgan fingerprint density at radius 3 is 2.71 bits per heavy atom. The van der Waals surface area contributed by atoms with Gasteiger partial charge in [-0.05, 0) is 39.4 Å². The molecule has 4 heteroatoms. The van der Waals surface area contributed by atoms with Gasteiger partial charge in [0, 0.05) is 31.4 Å². The van der Waals surface area contributed by atoms with Crippen molar-refractivity contribution < 1.29 is 0 Å². The van der Waals surface area contributed by atoms with E-state index in [4.69, 9.17) is 5.73 Å². The highest BCUT2D eigenvalue weighted by atomic mass is 15.3. The van der Waals surface area contributed by atoms with Crippen LogP contribution in [0.4, 0.5) is 11.5 Å².